The maximum atomic E-state index is 13.6. The van der Waals surface area contributed by atoms with Gasteiger partial charge in [-0.2, -0.15) is 15.0 Å². The number of methoxy groups -OCH3 is 1. The summed E-state index contributed by atoms with van der Waals surface area (Å²) in [5.41, 5.74) is -0.697. The zero-order chi connectivity index (χ0) is 23.3. The van der Waals surface area contributed by atoms with Crippen LogP contribution < -0.4 is 16.0 Å². The molecule has 2 heterocycles. The quantitative estimate of drug-likeness (QED) is 0.432. The lowest BCUT2D eigenvalue weighted by molar-refractivity contribution is 0.0943. The van der Waals surface area contributed by atoms with Gasteiger partial charge in [-0.15, -0.1) is 0 Å². The summed E-state index contributed by atoms with van der Waals surface area (Å²) in [6.45, 7) is 3.31. The van der Waals surface area contributed by atoms with Gasteiger partial charge in [-0.05, 0) is 38.1 Å². The second kappa shape index (κ2) is 9.47. The SMILES string of the molecule is COC(=O)Nc1cccc(-c2nc(NCC(C)(C)O)nc(Nc3cc(F)cc(F)c3)n2)n1. The number of ether oxygens (including phenoxy) is 1. The van der Waals surface area contributed by atoms with E-state index < -0.39 is 23.3 Å². The molecule has 0 aliphatic carbocycles. The number of pyridine rings is 1. The van der Waals surface area contributed by atoms with Gasteiger partial charge >= 0.3 is 6.09 Å². The van der Waals surface area contributed by atoms with Crippen molar-refractivity contribution in [2.24, 2.45) is 0 Å². The van der Waals surface area contributed by atoms with Crippen molar-refractivity contribution in [3.05, 3.63) is 48.0 Å². The summed E-state index contributed by atoms with van der Waals surface area (Å²) in [5.74, 6) is -1.18. The van der Waals surface area contributed by atoms with E-state index in [0.29, 0.717) is 0 Å². The van der Waals surface area contributed by atoms with E-state index in [1.54, 1.807) is 32.0 Å². The molecule has 0 bridgehead atoms. The van der Waals surface area contributed by atoms with Crippen LogP contribution in [-0.4, -0.2) is 50.4 Å². The van der Waals surface area contributed by atoms with Crippen LogP contribution in [0.4, 0.5) is 37.0 Å². The maximum absolute atomic E-state index is 13.6. The number of carbonyl (C=O) groups is 1. The van der Waals surface area contributed by atoms with Crippen LogP contribution in [0.15, 0.2) is 36.4 Å². The van der Waals surface area contributed by atoms with Crippen molar-refractivity contribution in [3.63, 3.8) is 0 Å². The fourth-order valence-electron chi connectivity index (χ4n) is 2.46. The number of halogens is 2. The zero-order valence-corrected chi connectivity index (χ0v) is 17.5. The van der Waals surface area contributed by atoms with Crippen molar-refractivity contribution < 1.29 is 23.4 Å². The number of carbonyl (C=O) groups excluding carboxylic acids is 1. The molecule has 0 spiro atoms. The summed E-state index contributed by atoms with van der Waals surface area (Å²) in [5, 5.41) is 18.0. The minimum atomic E-state index is -1.06. The van der Waals surface area contributed by atoms with Crippen LogP contribution in [0, 0.1) is 11.6 Å². The van der Waals surface area contributed by atoms with E-state index in [4.69, 9.17) is 0 Å². The van der Waals surface area contributed by atoms with Crippen molar-refractivity contribution >= 4 is 29.5 Å². The lowest BCUT2D eigenvalue weighted by Gasteiger charge is -2.18. The first-order valence-corrected chi connectivity index (χ1v) is 9.39. The van der Waals surface area contributed by atoms with Crippen molar-refractivity contribution in [3.8, 4) is 11.5 Å². The molecule has 12 heteroatoms. The minimum Gasteiger partial charge on any atom is -0.453 e. The van der Waals surface area contributed by atoms with Gasteiger partial charge in [0.1, 0.15) is 23.1 Å². The maximum Gasteiger partial charge on any atom is 0.412 e. The van der Waals surface area contributed by atoms with Crippen molar-refractivity contribution in [1.82, 2.24) is 19.9 Å². The van der Waals surface area contributed by atoms with Crippen molar-refractivity contribution in [2.45, 2.75) is 19.4 Å². The Kier molecular flexibility index (Phi) is 6.73. The Morgan fingerprint density at radius 2 is 1.75 bits per heavy atom. The molecule has 3 rings (SSSR count). The molecule has 2 aromatic heterocycles. The third-order valence-corrected chi connectivity index (χ3v) is 3.83. The molecular formula is C20H21F2N7O3. The normalized spacial score (nSPS) is 11.1. The van der Waals surface area contributed by atoms with Crippen LogP contribution in [0.2, 0.25) is 0 Å². The average molecular weight is 445 g/mol. The molecule has 1 amide bonds. The Bertz CT molecular complexity index is 1100. The number of amides is 1. The number of nitrogens with zero attached hydrogens (tertiary/aromatic N) is 4. The third kappa shape index (κ3) is 6.54. The van der Waals surface area contributed by atoms with Gasteiger partial charge in [-0.3, -0.25) is 5.32 Å². The Morgan fingerprint density at radius 3 is 2.41 bits per heavy atom. The monoisotopic (exact) mass is 445 g/mol. The summed E-state index contributed by atoms with van der Waals surface area (Å²) in [6, 6.07) is 7.67. The van der Waals surface area contributed by atoms with Crippen LogP contribution in [0.1, 0.15) is 13.8 Å². The minimum absolute atomic E-state index is 0.0219. The third-order valence-electron chi connectivity index (χ3n) is 3.83. The molecule has 0 atom stereocenters. The zero-order valence-electron chi connectivity index (χ0n) is 17.5. The lowest BCUT2D eigenvalue weighted by Crippen LogP contribution is -2.30. The van der Waals surface area contributed by atoms with Gasteiger partial charge in [0.2, 0.25) is 11.9 Å². The van der Waals surface area contributed by atoms with Crippen molar-refractivity contribution in [1.29, 1.82) is 0 Å². The number of nitrogens with one attached hydrogen (secondary N) is 3. The van der Waals surface area contributed by atoms with Crippen LogP contribution in [0.3, 0.4) is 0 Å². The molecule has 168 valence electrons. The molecule has 0 radical (unpaired) electrons. The van der Waals surface area contributed by atoms with Crippen LogP contribution in [-0.2, 0) is 4.74 Å². The predicted molar refractivity (Wildman–Crippen MR) is 114 cm³/mol. The molecule has 0 saturated carbocycles. The van der Waals surface area contributed by atoms with Crippen LogP contribution in [0.5, 0.6) is 0 Å². The second-order valence-corrected chi connectivity index (χ2v) is 7.28. The number of aromatic nitrogens is 4. The molecule has 0 aliphatic heterocycles. The summed E-state index contributed by atoms with van der Waals surface area (Å²) in [4.78, 5) is 28.4. The number of benzene rings is 1. The molecule has 4 N–H and O–H groups in total. The first-order valence-electron chi connectivity index (χ1n) is 9.39. The Labute approximate surface area is 182 Å². The fraction of sp³-hybridized carbons (Fsp3) is 0.250. The number of anilines is 4. The molecule has 0 unspecified atom stereocenters. The van der Waals surface area contributed by atoms with E-state index in [1.807, 2.05) is 0 Å². The van der Waals surface area contributed by atoms with Gasteiger partial charge in [0.05, 0.1) is 12.7 Å². The molecule has 0 saturated heterocycles. The van der Waals surface area contributed by atoms with E-state index in [2.05, 4.69) is 40.6 Å². The summed E-state index contributed by atoms with van der Waals surface area (Å²) >= 11 is 0. The highest BCUT2D eigenvalue weighted by molar-refractivity contribution is 5.83. The summed E-state index contributed by atoms with van der Waals surface area (Å²) in [7, 11) is 1.22. The first-order chi connectivity index (χ1) is 15.1. The molecule has 0 aliphatic rings. The number of aliphatic hydroxyl groups is 1. The van der Waals surface area contributed by atoms with Crippen molar-refractivity contribution in [2.75, 3.05) is 29.6 Å². The standard InChI is InChI=1S/C20H21F2N7O3/c1-20(2,31)10-23-17-27-16(14-5-4-6-15(25-14)26-19(30)32-3)28-18(29-17)24-13-8-11(21)7-12(22)9-13/h4-9,31H,10H2,1-3H3,(H,25,26,30)(H2,23,24,27,28,29). The lowest BCUT2D eigenvalue weighted by atomic mass is 10.1. The first kappa shape index (κ1) is 22.7. The van der Waals surface area contributed by atoms with E-state index in [0.717, 1.165) is 18.2 Å². The number of hydrogen-bond donors (Lipinski definition) is 4. The Balaban J connectivity index is 1.98. The Morgan fingerprint density at radius 1 is 1.06 bits per heavy atom. The van der Waals surface area contributed by atoms with Crippen LogP contribution in [0.25, 0.3) is 11.5 Å². The highest BCUT2D eigenvalue weighted by Gasteiger charge is 2.16. The van der Waals surface area contributed by atoms with Gasteiger partial charge < -0.3 is 20.5 Å². The number of hydrogen-bond acceptors (Lipinski definition) is 9. The largest absolute Gasteiger partial charge is 0.453 e. The van der Waals surface area contributed by atoms with E-state index in [1.165, 1.54) is 7.11 Å². The number of rotatable bonds is 7. The second-order valence-electron chi connectivity index (χ2n) is 7.28. The van der Waals surface area contributed by atoms with Crippen LogP contribution >= 0.6 is 0 Å². The predicted octanol–water partition coefficient (Wildman–Crippen LogP) is 3.32. The summed E-state index contributed by atoms with van der Waals surface area (Å²) in [6.07, 6.45) is -0.701. The molecule has 3 aromatic rings. The molecular weight excluding hydrogens is 424 g/mol. The smallest absolute Gasteiger partial charge is 0.412 e. The Hall–Kier alpha value is -3.93. The van der Waals surface area contributed by atoms with Gasteiger partial charge in [0, 0.05) is 18.3 Å². The molecule has 0 fully saturated rings. The average Bonchev–Trinajstić information content (AvgIpc) is 2.71. The molecule has 1 aromatic carbocycles. The van der Waals surface area contributed by atoms with E-state index in [-0.39, 0.29) is 41.5 Å². The van der Waals surface area contributed by atoms with Gasteiger partial charge in [0.25, 0.3) is 0 Å². The fourth-order valence-corrected chi connectivity index (χ4v) is 2.46. The topological polar surface area (TPSA) is 134 Å². The van der Waals surface area contributed by atoms with Gasteiger partial charge in [-0.25, -0.2) is 18.6 Å². The van der Waals surface area contributed by atoms with Gasteiger partial charge in [0.15, 0.2) is 5.82 Å². The highest BCUT2D eigenvalue weighted by atomic mass is 19.1. The van der Waals surface area contributed by atoms with E-state index >= 15 is 0 Å². The van der Waals surface area contributed by atoms with E-state index in [9.17, 15) is 18.7 Å². The van der Waals surface area contributed by atoms with Gasteiger partial charge in [-0.1, -0.05) is 6.07 Å². The highest BCUT2D eigenvalue weighted by Crippen LogP contribution is 2.22. The molecule has 10 nitrogen and oxygen atoms in total. The molecule has 32 heavy (non-hydrogen) atoms. The summed E-state index contributed by atoms with van der Waals surface area (Å²) < 4.78 is 31.7.